The smallest absolute Gasteiger partial charge is 0.238 e. The Hall–Kier alpha value is -0.700. The third-order valence-corrected chi connectivity index (χ3v) is 2.40. The van der Waals surface area contributed by atoms with Gasteiger partial charge < -0.3 is 9.47 Å². The minimum absolute atomic E-state index is 0.148. The van der Waals surface area contributed by atoms with Crippen molar-refractivity contribution in [2.24, 2.45) is 0 Å². The van der Waals surface area contributed by atoms with Crippen LogP contribution in [0, 0.1) is 0 Å². The monoisotopic (exact) mass is 228 g/mol. The first kappa shape index (κ1) is 7.92. The Bertz CT molecular complexity index is 299. The fourth-order valence-electron chi connectivity index (χ4n) is 1.21. The molecule has 2 nitrogen and oxygen atoms in total. The van der Waals surface area contributed by atoms with Crippen LogP contribution in [0.15, 0.2) is 18.2 Å². The molecule has 0 aromatic heterocycles. The molecule has 0 fully saturated rings. The van der Waals surface area contributed by atoms with E-state index >= 15 is 0 Å². The summed E-state index contributed by atoms with van der Waals surface area (Å²) in [5.41, 5.74) is 1.20. The van der Waals surface area contributed by atoms with Crippen molar-refractivity contribution < 1.29 is 9.47 Å². The zero-order valence-electron chi connectivity index (χ0n) is 6.71. The Morgan fingerprint density at radius 3 is 2.83 bits per heavy atom. The first-order valence-electron chi connectivity index (χ1n) is 3.82. The Morgan fingerprint density at radius 1 is 1.33 bits per heavy atom. The summed E-state index contributed by atoms with van der Waals surface area (Å²) >= 11 is 3.38. The summed E-state index contributed by atoms with van der Waals surface area (Å²) in [6.07, 6.45) is -0.148. The van der Waals surface area contributed by atoms with Crippen molar-refractivity contribution in [1.29, 1.82) is 0 Å². The van der Waals surface area contributed by atoms with Crippen LogP contribution in [0.2, 0.25) is 0 Å². The van der Waals surface area contributed by atoms with Gasteiger partial charge in [0.15, 0.2) is 11.5 Å². The maximum absolute atomic E-state index is 5.41. The van der Waals surface area contributed by atoms with Gasteiger partial charge in [0.2, 0.25) is 6.29 Å². The zero-order chi connectivity index (χ0) is 8.55. The van der Waals surface area contributed by atoms with E-state index in [1.165, 1.54) is 5.56 Å². The van der Waals surface area contributed by atoms with Crippen LogP contribution in [-0.2, 0) is 5.33 Å². The highest BCUT2D eigenvalue weighted by atomic mass is 79.9. The molecule has 0 saturated heterocycles. The van der Waals surface area contributed by atoms with Gasteiger partial charge in [0.25, 0.3) is 0 Å². The van der Waals surface area contributed by atoms with Gasteiger partial charge in [-0.2, -0.15) is 0 Å². The Kier molecular flexibility index (Phi) is 1.97. The molecule has 1 heterocycles. The van der Waals surface area contributed by atoms with Crippen LogP contribution in [-0.4, -0.2) is 6.29 Å². The molecule has 0 bridgehead atoms. The third-order valence-electron chi connectivity index (χ3n) is 1.75. The fourth-order valence-corrected chi connectivity index (χ4v) is 1.56. The highest BCUT2D eigenvalue weighted by Crippen LogP contribution is 2.35. The molecule has 3 heteroatoms. The van der Waals surface area contributed by atoms with Crippen molar-refractivity contribution in [2.45, 2.75) is 18.5 Å². The van der Waals surface area contributed by atoms with Crippen LogP contribution >= 0.6 is 15.9 Å². The summed E-state index contributed by atoms with van der Waals surface area (Å²) in [4.78, 5) is 0. The van der Waals surface area contributed by atoms with Crippen molar-refractivity contribution in [3.05, 3.63) is 23.8 Å². The van der Waals surface area contributed by atoms with Gasteiger partial charge >= 0.3 is 0 Å². The van der Waals surface area contributed by atoms with Gasteiger partial charge in [-0.05, 0) is 17.7 Å². The number of rotatable bonds is 1. The second-order valence-corrected chi connectivity index (χ2v) is 3.28. The quantitative estimate of drug-likeness (QED) is 0.689. The molecule has 2 rings (SSSR count). The summed E-state index contributed by atoms with van der Waals surface area (Å²) in [7, 11) is 0. The molecule has 0 spiro atoms. The van der Waals surface area contributed by atoms with E-state index in [2.05, 4.69) is 15.9 Å². The summed E-state index contributed by atoms with van der Waals surface area (Å²) < 4.78 is 10.8. The van der Waals surface area contributed by atoms with Gasteiger partial charge in [-0.25, -0.2) is 0 Å². The normalized spacial score (nSPS) is 19.7. The van der Waals surface area contributed by atoms with E-state index in [4.69, 9.17) is 9.47 Å². The molecule has 1 aromatic rings. The highest BCUT2D eigenvalue weighted by molar-refractivity contribution is 9.08. The van der Waals surface area contributed by atoms with E-state index in [0.717, 1.165) is 16.8 Å². The topological polar surface area (TPSA) is 18.5 Å². The standard InChI is InChI=1S/C9H9BrO2/c1-6-11-8-3-2-7(5-10)4-9(8)12-6/h2-4,6H,5H2,1H3. The SMILES string of the molecule is CC1Oc2ccc(CBr)cc2O1. The van der Waals surface area contributed by atoms with E-state index in [1.54, 1.807) is 0 Å². The van der Waals surface area contributed by atoms with Crippen LogP contribution in [0.1, 0.15) is 12.5 Å². The lowest BCUT2D eigenvalue weighted by Crippen LogP contribution is -2.11. The highest BCUT2D eigenvalue weighted by Gasteiger charge is 2.19. The molecule has 1 unspecified atom stereocenters. The van der Waals surface area contributed by atoms with Crippen LogP contribution in [0.25, 0.3) is 0 Å². The molecule has 0 radical (unpaired) electrons. The average Bonchev–Trinajstić information content (AvgIpc) is 2.43. The van der Waals surface area contributed by atoms with Crippen molar-refractivity contribution in [3.8, 4) is 11.5 Å². The van der Waals surface area contributed by atoms with Crippen molar-refractivity contribution >= 4 is 15.9 Å². The van der Waals surface area contributed by atoms with Crippen molar-refractivity contribution in [2.75, 3.05) is 0 Å². The Morgan fingerprint density at radius 2 is 2.08 bits per heavy atom. The lowest BCUT2D eigenvalue weighted by molar-refractivity contribution is 0.0678. The third kappa shape index (κ3) is 1.29. The van der Waals surface area contributed by atoms with Crippen molar-refractivity contribution in [3.63, 3.8) is 0 Å². The Labute approximate surface area is 79.6 Å². The number of hydrogen-bond acceptors (Lipinski definition) is 2. The molecule has 0 amide bonds. The first-order chi connectivity index (χ1) is 5.79. The van der Waals surface area contributed by atoms with Gasteiger partial charge in [0.1, 0.15) is 0 Å². The number of alkyl halides is 1. The number of ether oxygens (including phenoxy) is 2. The molecule has 0 N–H and O–H groups in total. The fraction of sp³-hybridized carbons (Fsp3) is 0.333. The first-order valence-corrected chi connectivity index (χ1v) is 4.94. The van der Waals surface area contributed by atoms with E-state index in [9.17, 15) is 0 Å². The van der Waals surface area contributed by atoms with E-state index in [1.807, 2.05) is 25.1 Å². The van der Waals surface area contributed by atoms with Crippen LogP contribution in [0.4, 0.5) is 0 Å². The van der Waals surface area contributed by atoms with Crippen LogP contribution < -0.4 is 9.47 Å². The van der Waals surface area contributed by atoms with Crippen LogP contribution in [0.5, 0.6) is 11.5 Å². The number of halogens is 1. The molecule has 1 aliphatic heterocycles. The zero-order valence-corrected chi connectivity index (χ0v) is 8.30. The number of hydrogen-bond donors (Lipinski definition) is 0. The molecular weight excluding hydrogens is 220 g/mol. The molecule has 1 aliphatic rings. The summed E-state index contributed by atoms with van der Waals surface area (Å²) in [6, 6.07) is 5.96. The number of benzene rings is 1. The molecular formula is C9H9BrO2. The largest absolute Gasteiger partial charge is 0.451 e. The summed E-state index contributed by atoms with van der Waals surface area (Å²) in [6.45, 7) is 1.88. The average molecular weight is 229 g/mol. The van der Waals surface area contributed by atoms with E-state index in [-0.39, 0.29) is 6.29 Å². The molecule has 12 heavy (non-hydrogen) atoms. The van der Waals surface area contributed by atoms with Gasteiger partial charge in [0, 0.05) is 12.3 Å². The van der Waals surface area contributed by atoms with Gasteiger partial charge in [-0.15, -0.1) is 0 Å². The molecule has 64 valence electrons. The van der Waals surface area contributed by atoms with Gasteiger partial charge in [-0.3, -0.25) is 0 Å². The van der Waals surface area contributed by atoms with E-state index in [0.29, 0.717) is 0 Å². The van der Waals surface area contributed by atoms with E-state index < -0.39 is 0 Å². The minimum atomic E-state index is -0.148. The summed E-state index contributed by atoms with van der Waals surface area (Å²) in [5, 5.41) is 0.845. The van der Waals surface area contributed by atoms with Gasteiger partial charge in [0.05, 0.1) is 0 Å². The van der Waals surface area contributed by atoms with Gasteiger partial charge in [-0.1, -0.05) is 22.0 Å². The lowest BCUT2D eigenvalue weighted by atomic mass is 10.2. The summed E-state index contributed by atoms with van der Waals surface area (Å²) in [5.74, 6) is 1.69. The maximum Gasteiger partial charge on any atom is 0.238 e. The molecule has 0 saturated carbocycles. The maximum atomic E-state index is 5.41. The predicted molar refractivity (Wildman–Crippen MR) is 49.8 cm³/mol. The molecule has 1 aromatic carbocycles. The second kappa shape index (κ2) is 2.98. The molecule has 0 aliphatic carbocycles. The lowest BCUT2D eigenvalue weighted by Gasteiger charge is -1.99. The van der Waals surface area contributed by atoms with Crippen LogP contribution in [0.3, 0.4) is 0 Å². The number of fused-ring (bicyclic) bond motifs is 1. The predicted octanol–water partition coefficient (Wildman–Crippen LogP) is 2.70. The molecule has 1 atom stereocenters. The van der Waals surface area contributed by atoms with Crippen molar-refractivity contribution in [1.82, 2.24) is 0 Å². The Balaban J connectivity index is 2.35. The second-order valence-electron chi connectivity index (χ2n) is 2.72. The minimum Gasteiger partial charge on any atom is -0.451 e.